The molecule has 0 saturated carbocycles. The zero-order valence-corrected chi connectivity index (χ0v) is 16.4. The molecular weight excluding hydrogens is 425 g/mol. The second-order valence-corrected chi connectivity index (χ2v) is 9.41. The number of nitrogens with two attached hydrogens (primary N) is 1. The molecule has 5 heterocycles. The fraction of sp³-hybridized carbons (Fsp3) is 0.400. The maximum absolute atomic E-state index is 12.3. The van der Waals surface area contributed by atoms with Gasteiger partial charge in [-0.3, -0.25) is 14.3 Å². The quantitative estimate of drug-likeness (QED) is 0.329. The smallest absolute Gasteiger partial charge is 0.280 e. The number of nitrogen functional groups attached to an aromatic ring is 1. The van der Waals surface area contributed by atoms with Gasteiger partial charge in [-0.05, 0) is 23.5 Å². The number of aromatic amines is 1. The largest absolute Gasteiger partial charge is 0.461 e. The predicted molar refractivity (Wildman–Crippen MR) is 103 cm³/mol. The molecule has 5 rings (SSSR count). The monoisotopic (exact) mass is 441 g/mol. The van der Waals surface area contributed by atoms with E-state index >= 15 is 0 Å². The molecule has 2 aliphatic rings. The molecule has 3 aromatic rings. The van der Waals surface area contributed by atoms with E-state index in [0.717, 1.165) is 11.4 Å². The zero-order valence-electron chi connectivity index (χ0n) is 14.7. The van der Waals surface area contributed by atoms with Crippen LogP contribution in [0.2, 0.25) is 0 Å². The number of hydrogen-bond acceptors (Lipinski definition) is 11. The highest BCUT2D eigenvalue weighted by molar-refractivity contribution is 8.52. The van der Waals surface area contributed by atoms with E-state index in [-0.39, 0.29) is 35.5 Å². The Morgan fingerprint density at radius 1 is 1.45 bits per heavy atom. The molecule has 29 heavy (non-hydrogen) atoms. The third-order valence-corrected chi connectivity index (χ3v) is 7.24. The fourth-order valence-corrected chi connectivity index (χ4v) is 5.59. The molecule has 0 radical (unpaired) electrons. The number of furan rings is 1. The maximum atomic E-state index is 12.3. The summed E-state index contributed by atoms with van der Waals surface area (Å²) in [5.41, 5.74) is 5.38. The van der Waals surface area contributed by atoms with Gasteiger partial charge in [0.2, 0.25) is 13.5 Å². The predicted octanol–water partition coefficient (Wildman–Crippen LogP) is 0.545. The first kappa shape index (κ1) is 19.0. The summed E-state index contributed by atoms with van der Waals surface area (Å²) in [7, 11) is -1.40. The molecule has 0 amide bonds. The average molecular weight is 441 g/mol. The summed E-state index contributed by atoms with van der Waals surface area (Å²) in [6, 6.07) is 3.34. The van der Waals surface area contributed by atoms with Crippen LogP contribution in [0.4, 0.5) is 5.95 Å². The lowest BCUT2D eigenvalue weighted by Gasteiger charge is -2.30. The molecule has 5 atom stereocenters. The van der Waals surface area contributed by atoms with Gasteiger partial charge in [-0.15, -0.1) is 0 Å². The molecule has 14 heteroatoms. The van der Waals surface area contributed by atoms with Gasteiger partial charge in [0.05, 0.1) is 18.8 Å². The first-order valence-electron chi connectivity index (χ1n) is 8.55. The maximum Gasteiger partial charge on any atom is 0.280 e. The van der Waals surface area contributed by atoms with Crippen molar-refractivity contribution in [1.29, 1.82) is 0 Å². The fourth-order valence-electron chi connectivity index (χ4n) is 3.40. The Balaban J connectivity index is 1.61. The van der Waals surface area contributed by atoms with Gasteiger partial charge in [0, 0.05) is 0 Å². The summed E-state index contributed by atoms with van der Waals surface area (Å²) in [6.45, 7) is 0.190. The number of fused-ring (bicyclic) bond motifs is 2. The summed E-state index contributed by atoms with van der Waals surface area (Å²) in [5.74, 6) is 0.359. The highest BCUT2D eigenvalue weighted by Crippen LogP contribution is 2.57. The van der Waals surface area contributed by atoms with E-state index in [2.05, 4.69) is 15.0 Å². The number of ether oxygens (including phenoxy) is 1. The van der Waals surface area contributed by atoms with Crippen molar-refractivity contribution in [3.05, 3.63) is 28.7 Å². The minimum absolute atomic E-state index is 0.0338. The third-order valence-electron chi connectivity index (χ3n) is 4.59. The number of anilines is 1. The van der Waals surface area contributed by atoms with Crippen LogP contribution in [-0.4, -0.2) is 60.6 Å². The molecule has 0 aliphatic carbocycles. The minimum Gasteiger partial charge on any atom is -0.461 e. The lowest BCUT2D eigenvalue weighted by Crippen LogP contribution is -2.38. The van der Waals surface area contributed by atoms with E-state index in [0.29, 0.717) is 5.76 Å². The number of nitrogens with zero attached hydrogens (tertiary/aromatic N) is 3. The number of rotatable bonds is 4. The molecule has 5 N–H and O–H groups in total. The molecule has 2 fully saturated rings. The van der Waals surface area contributed by atoms with Crippen LogP contribution in [0.25, 0.3) is 22.7 Å². The van der Waals surface area contributed by atoms with Gasteiger partial charge in [-0.2, -0.15) is 4.98 Å². The first-order chi connectivity index (χ1) is 14.1. The topological polar surface area (TPSA) is 171 Å². The van der Waals surface area contributed by atoms with Crippen LogP contribution in [0.15, 0.2) is 27.6 Å². The Labute approximate surface area is 167 Å². The Bertz CT molecular complexity index is 1090. The number of hydrogen-bond donors (Lipinski definition) is 4. The first-order valence-corrected chi connectivity index (χ1v) is 11.3. The highest BCUT2D eigenvalue weighted by atomic mass is 32.7. The van der Waals surface area contributed by atoms with E-state index in [1.165, 1.54) is 10.8 Å². The lowest BCUT2D eigenvalue weighted by atomic mass is 10.1. The van der Waals surface area contributed by atoms with E-state index < -0.39 is 37.7 Å². The summed E-state index contributed by atoms with van der Waals surface area (Å²) in [6.07, 6.45) is -1.84. The normalized spacial score (nSPS) is 29.4. The van der Waals surface area contributed by atoms with E-state index in [4.69, 9.17) is 29.0 Å². The molecule has 0 spiro atoms. The van der Waals surface area contributed by atoms with Crippen molar-refractivity contribution in [3.63, 3.8) is 0 Å². The van der Waals surface area contributed by atoms with Crippen molar-refractivity contribution in [3.8, 4) is 11.6 Å². The molecule has 154 valence electrons. The average Bonchev–Trinajstić information content (AvgIpc) is 3.40. The molecule has 2 aliphatic heterocycles. The number of aliphatic hydroxyl groups excluding tert-OH is 2. The Morgan fingerprint density at radius 2 is 2.31 bits per heavy atom. The lowest BCUT2D eigenvalue weighted by molar-refractivity contribution is -0.0520. The third kappa shape index (κ3) is 3.15. The van der Waals surface area contributed by atoms with Crippen LogP contribution in [-0.2, 0) is 13.8 Å². The van der Waals surface area contributed by atoms with Crippen LogP contribution < -0.4 is 11.3 Å². The van der Waals surface area contributed by atoms with Crippen LogP contribution in [0.5, 0.6) is 0 Å². The van der Waals surface area contributed by atoms with Crippen LogP contribution in [0.1, 0.15) is 6.23 Å². The van der Waals surface area contributed by atoms with Gasteiger partial charge in [0.25, 0.3) is 5.56 Å². The van der Waals surface area contributed by atoms with E-state index in [9.17, 15) is 9.90 Å². The van der Waals surface area contributed by atoms with Crippen molar-refractivity contribution < 1.29 is 28.4 Å². The Hall–Kier alpha value is -1.99. The van der Waals surface area contributed by atoms with Gasteiger partial charge < -0.3 is 34.1 Å². The second-order valence-electron chi connectivity index (χ2n) is 6.31. The standard InChI is InChI=1S/C15H16N5O7PS/c16-15-18-12-8(13(23)19-15)17-11(6-2-1-3-24-6)20(12)14-9(22)10-7(26-14)4-25-28(27-10)29-5-21/h1-3,7,9-10,14,21-22H,4-5H2,(H3,16,18,19,23)/t7?,9?,10-,14-,28?/m1/s1. The highest BCUT2D eigenvalue weighted by Gasteiger charge is 2.51. The van der Waals surface area contributed by atoms with Crippen molar-refractivity contribution in [2.75, 3.05) is 18.3 Å². The summed E-state index contributed by atoms with van der Waals surface area (Å²) in [4.78, 5) is 23.3. The molecule has 12 nitrogen and oxygen atoms in total. The minimum atomic E-state index is -1.40. The van der Waals surface area contributed by atoms with Crippen LogP contribution in [0, 0.1) is 0 Å². The van der Waals surface area contributed by atoms with E-state index in [1.807, 2.05) is 0 Å². The Morgan fingerprint density at radius 3 is 3.07 bits per heavy atom. The van der Waals surface area contributed by atoms with Crippen molar-refractivity contribution in [1.82, 2.24) is 19.5 Å². The SMILES string of the molecule is Nc1nc2c(nc(-c3ccco3)n2[C@@H]2OC3COP(SCO)O[C@H]3C2O)c(=O)[nH]1. The van der Waals surface area contributed by atoms with Gasteiger partial charge in [-0.1, -0.05) is 0 Å². The second kappa shape index (κ2) is 7.36. The molecule has 0 aromatic carbocycles. The summed E-state index contributed by atoms with van der Waals surface area (Å²) in [5, 5.41) is 20.1. The van der Waals surface area contributed by atoms with Crippen LogP contribution in [0.3, 0.4) is 0 Å². The number of aromatic nitrogens is 4. The zero-order chi connectivity index (χ0) is 20.1. The number of aliphatic hydroxyl groups is 2. The van der Waals surface area contributed by atoms with Crippen molar-refractivity contribution >= 4 is 36.1 Å². The number of imidazole rings is 1. The molecule has 0 bridgehead atoms. The Kier molecular flexibility index (Phi) is 4.82. The molecule has 3 aromatic heterocycles. The number of nitrogens with one attached hydrogen (secondary N) is 1. The van der Waals surface area contributed by atoms with Crippen molar-refractivity contribution in [2.24, 2.45) is 0 Å². The van der Waals surface area contributed by atoms with Gasteiger partial charge >= 0.3 is 0 Å². The molecule has 2 saturated heterocycles. The van der Waals surface area contributed by atoms with E-state index in [1.54, 1.807) is 12.1 Å². The van der Waals surface area contributed by atoms with Gasteiger partial charge in [0.1, 0.15) is 18.3 Å². The number of H-pyrrole nitrogens is 1. The summed E-state index contributed by atoms with van der Waals surface area (Å²) >= 11 is 1.11. The van der Waals surface area contributed by atoms with Crippen molar-refractivity contribution in [2.45, 2.75) is 24.5 Å². The van der Waals surface area contributed by atoms with Gasteiger partial charge in [-0.25, -0.2) is 4.98 Å². The molecular formula is C15H16N5O7PS. The summed E-state index contributed by atoms with van der Waals surface area (Å²) < 4.78 is 24.3. The van der Waals surface area contributed by atoms with Gasteiger partial charge in [0.15, 0.2) is 29.0 Å². The van der Waals surface area contributed by atoms with Crippen LogP contribution >= 0.6 is 19.0 Å². The molecule has 3 unspecified atom stereocenters.